The first-order valence-corrected chi connectivity index (χ1v) is 5.50. The topological polar surface area (TPSA) is 101 Å². The number of aliphatic hydroxyl groups is 3. The monoisotopic (exact) mass is 233 g/mol. The molecule has 6 heteroatoms. The average molecular weight is 233 g/mol. The van der Waals surface area contributed by atoms with Gasteiger partial charge in [-0.3, -0.25) is 9.69 Å². The zero-order valence-electron chi connectivity index (χ0n) is 9.28. The molecule has 6 nitrogen and oxygen atoms in total. The Balaban J connectivity index is 2.75. The van der Waals surface area contributed by atoms with E-state index in [-0.39, 0.29) is 6.54 Å². The molecular weight excluding hydrogens is 214 g/mol. The smallest absolute Gasteiger partial charge is 0.323 e. The number of nitrogens with zero attached hydrogens (tertiary/aromatic N) is 1. The van der Waals surface area contributed by atoms with Crippen LogP contribution in [0.2, 0.25) is 0 Å². The lowest BCUT2D eigenvalue weighted by Crippen LogP contribution is -2.63. The van der Waals surface area contributed by atoms with Gasteiger partial charge in [0, 0.05) is 6.54 Å². The van der Waals surface area contributed by atoms with Gasteiger partial charge in [-0.25, -0.2) is 0 Å². The molecule has 0 bridgehead atoms. The highest BCUT2D eigenvalue weighted by Crippen LogP contribution is 2.19. The number of rotatable bonds is 4. The Morgan fingerprint density at radius 3 is 2.44 bits per heavy atom. The van der Waals surface area contributed by atoms with Crippen LogP contribution in [0.5, 0.6) is 0 Å². The maximum atomic E-state index is 11.0. The van der Waals surface area contributed by atoms with E-state index in [0.717, 1.165) is 12.8 Å². The lowest BCUT2D eigenvalue weighted by atomic mass is 9.93. The van der Waals surface area contributed by atoms with Gasteiger partial charge in [0.1, 0.15) is 18.2 Å². The zero-order valence-corrected chi connectivity index (χ0v) is 9.28. The average Bonchev–Trinajstić information content (AvgIpc) is 2.22. The number of carbonyl (C=O) groups is 1. The van der Waals surface area contributed by atoms with Crippen molar-refractivity contribution in [3.8, 4) is 0 Å². The van der Waals surface area contributed by atoms with Crippen LogP contribution >= 0.6 is 0 Å². The highest BCUT2D eigenvalue weighted by molar-refractivity contribution is 5.74. The predicted molar refractivity (Wildman–Crippen MR) is 55.9 cm³/mol. The molecule has 0 aromatic carbocycles. The fourth-order valence-corrected chi connectivity index (χ4v) is 1.99. The Bertz CT molecular complexity index is 247. The lowest BCUT2D eigenvalue weighted by molar-refractivity contribution is -0.170. The number of hydrogen-bond acceptors (Lipinski definition) is 5. The van der Waals surface area contributed by atoms with Crippen molar-refractivity contribution >= 4 is 5.97 Å². The van der Waals surface area contributed by atoms with E-state index in [2.05, 4.69) is 0 Å². The van der Waals surface area contributed by atoms with Crippen LogP contribution in [0.3, 0.4) is 0 Å². The van der Waals surface area contributed by atoms with Crippen LogP contribution in [0.1, 0.15) is 19.8 Å². The highest BCUT2D eigenvalue weighted by Gasteiger charge is 2.44. The van der Waals surface area contributed by atoms with E-state index in [4.69, 9.17) is 5.11 Å². The molecule has 0 aromatic heterocycles. The van der Waals surface area contributed by atoms with E-state index in [1.165, 1.54) is 4.90 Å². The third-order valence-electron chi connectivity index (χ3n) is 2.93. The minimum Gasteiger partial charge on any atom is -0.480 e. The molecule has 94 valence electrons. The van der Waals surface area contributed by atoms with Gasteiger partial charge in [-0.05, 0) is 13.0 Å². The molecule has 0 radical (unpaired) electrons. The van der Waals surface area contributed by atoms with Gasteiger partial charge in [0.15, 0.2) is 0 Å². The van der Waals surface area contributed by atoms with Gasteiger partial charge in [-0.1, -0.05) is 13.3 Å². The fourth-order valence-electron chi connectivity index (χ4n) is 1.99. The number of carboxylic acids is 1. The summed E-state index contributed by atoms with van der Waals surface area (Å²) in [5, 5.41) is 37.5. The summed E-state index contributed by atoms with van der Waals surface area (Å²) in [7, 11) is 0. The highest BCUT2D eigenvalue weighted by atomic mass is 16.4. The van der Waals surface area contributed by atoms with Gasteiger partial charge in [0.05, 0.1) is 6.10 Å². The standard InChI is InChI=1S/C10H19NO5/c1-2-3-4-11-5-6(12)8(13)9(14)7(11)10(15)16/h6-9,12-14H,2-5H2,1H3,(H,15,16). The second-order valence-corrected chi connectivity index (χ2v) is 4.18. The third-order valence-corrected chi connectivity index (χ3v) is 2.93. The van der Waals surface area contributed by atoms with Gasteiger partial charge in [-0.2, -0.15) is 0 Å². The van der Waals surface area contributed by atoms with Crippen LogP contribution in [0.25, 0.3) is 0 Å². The number of carboxylic acid groups (broad SMARTS) is 1. The Morgan fingerprint density at radius 2 is 1.94 bits per heavy atom. The number of piperidine rings is 1. The van der Waals surface area contributed by atoms with E-state index in [9.17, 15) is 20.1 Å². The molecule has 0 aliphatic carbocycles. The molecule has 1 rings (SSSR count). The first-order valence-electron chi connectivity index (χ1n) is 5.50. The number of aliphatic carboxylic acids is 1. The summed E-state index contributed by atoms with van der Waals surface area (Å²) >= 11 is 0. The van der Waals surface area contributed by atoms with Crippen LogP contribution in [-0.2, 0) is 4.79 Å². The van der Waals surface area contributed by atoms with Gasteiger partial charge < -0.3 is 20.4 Å². The van der Waals surface area contributed by atoms with E-state index < -0.39 is 30.3 Å². The summed E-state index contributed by atoms with van der Waals surface area (Å²) in [6, 6.07) is -1.13. The molecule has 0 saturated carbocycles. The molecule has 1 aliphatic rings. The Kier molecular flexibility index (Phi) is 4.67. The van der Waals surface area contributed by atoms with Gasteiger partial charge in [0.25, 0.3) is 0 Å². The molecule has 0 spiro atoms. The van der Waals surface area contributed by atoms with Crippen molar-refractivity contribution in [3.63, 3.8) is 0 Å². The molecule has 1 heterocycles. The van der Waals surface area contributed by atoms with Crippen molar-refractivity contribution in [1.29, 1.82) is 0 Å². The SMILES string of the molecule is CCCCN1CC(O)C(O)C(O)C1C(=O)O. The largest absolute Gasteiger partial charge is 0.480 e. The van der Waals surface area contributed by atoms with E-state index >= 15 is 0 Å². The second-order valence-electron chi connectivity index (χ2n) is 4.18. The molecule has 1 aliphatic heterocycles. The van der Waals surface area contributed by atoms with E-state index in [1.54, 1.807) is 0 Å². The zero-order chi connectivity index (χ0) is 12.3. The number of hydrogen-bond donors (Lipinski definition) is 4. The molecule has 4 unspecified atom stereocenters. The van der Waals surface area contributed by atoms with Crippen LogP contribution in [0.4, 0.5) is 0 Å². The van der Waals surface area contributed by atoms with Crippen molar-refractivity contribution < 1.29 is 25.2 Å². The first kappa shape index (κ1) is 13.4. The summed E-state index contributed by atoms with van der Waals surface area (Å²) in [6.07, 6.45) is -2.24. The van der Waals surface area contributed by atoms with Gasteiger partial charge in [-0.15, -0.1) is 0 Å². The van der Waals surface area contributed by atoms with Crippen LogP contribution < -0.4 is 0 Å². The van der Waals surface area contributed by atoms with Gasteiger partial charge in [0.2, 0.25) is 0 Å². The summed E-state index contributed by atoms with van der Waals surface area (Å²) in [5.74, 6) is -1.17. The minimum atomic E-state index is -1.45. The quantitative estimate of drug-likeness (QED) is 0.478. The first-order chi connectivity index (χ1) is 7.49. The third kappa shape index (κ3) is 2.70. The Morgan fingerprint density at radius 1 is 1.31 bits per heavy atom. The molecule has 1 fully saturated rings. The maximum Gasteiger partial charge on any atom is 0.323 e. The number of aliphatic hydroxyl groups excluding tert-OH is 3. The number of likely N-dealkylation sites (tertiary alicyclic amines) is 1. The van der Waals surface area contributed by atoms with Crippen molar-refractivity contribution in [1.82, 2.24) is 4.90 Å². The summed E-state index contributed by atoms with van der Waals surface area (Å²) in [6.45, 7) is 2.55. The van der Waals surface area contributed by atoms with Crippen molar-refractivity contribution in [2.45, 2.75) is 44.1 Å². The van der Waals surface area contributed by atoms with Crippen LogP contribution in [0, 0.1) is 0 Å². The number of β-amino-alcohol motifs (C(OH)–C–C–N with tert-alkyl or cyclic N) is 1. The molecule has 4 atom stereocenters. The molecular formula is C10H19NO5. The van der Waals surface area contributed by atoms with Crippen molar-refractivity contribution in [3.05, 3.63) is 0 Å². The van der Waals surface area contributed by atoms with Crippen molar-refractivity contribution in [2.75, 3.05) is 13.1 Å². The second kappa shape index (κ2) is 5.58. The Labute approximate surface area is 94.1 Å². The van der Waals surface area contributed by atoms with E-state index in [0.29, 0.717) is 6.54 Å². The van der Waals surface area contributed by atoms with Crippen LogP contribution in [0.15, 0.2) is 0 Å². The summed E-state index contributed by atoms with van der Waals surface area (Å²) in [5.41, 5.74) is 0. The molecule has 16 heavy (non-hydrogen) atoms. The predicted octanol–water partition coefficient (Wildman–Crippen LogP) is -1.36. The minimum absolute atomic E-state index is 0.0786. The summed E-state index contributed by atoms with van der Waals surface area (Å²) in [4.78, 5) is 12.5. The van der Waals surface area contributed by atoms with Crippen molar-refractivity contribution in [2.24, 2.45) is 0 Å². The Hall–Kier alpha value is -0.690. The fraction of sp³-hybridized carbons (Fsp3) is 0.900. The van der Waals surface area contributed by atoms with Gasteiger partial charge >= 0.3 is 5.97 Å². The molecule has 1 saturated heterocycles. The molecule has 0 aromatic rings. The van der Waals surface area contributed by atoms with Crippen LogP contribution in [-0.4, -0.2) is 68.7 Å². The maximum absolute atomic E-state index is 11.0. The summed E-state index contributed by atoms with van der Waals surface area (Å²) < 4.78 is 0. The molecule has 0 amide bonds. The lowest BCUT2D eigenvalue weighted by Gasteiger charge is -2.41. The molecule has 4 N–H and O–H groups in total. The normalized spacial score (nSPS) is 36.2. The van der Waals surface area contributed by atoms with E-state index in [1.807, 2.05) is 6.92 Å². The number of unbranched alkanes of at least 4 members (excludes halogenated alkanes) is 1.